The van der Waals surface area contributed by atoms with Crippen molar-refractivity contribution in [2.75, 3.05) is 6.61 Å². The summed E-state index contributed by atoms with van der Waals surface area (Å²) < 4.78 is 7.12. The summed E-state index contributed by atoms with van der Waals surface area (Å²) in [5, 5.41) is 7.01. The maximum atomic E-state index is 11.9. The van der Waals surface area contributed by atoms with Gasteiger partial charge in [0.05, 0.1) is 6.10 Å². The number of rotatable bonds is 6. The van der Waals surface area contributed by atoms with Crippen LogP contribution in [0.5, 0.6) is 0 Å². The van der Waals surface area contributed by atoms with Crippen molar-refractivity contribution in [1.82, 2.24) is 25.1 Å². The standard InChI is InChI=1S/C15H19N5O2/c21-14(6-5-13-4-2-8-22-13)18-9-12-3-1-7-17-15(12)20-11-16-10-19-20/h1,3,7,10-11,13H,2,4-6,8-9H2,(H,18,21). The van der Waals surface area contributed by atoms with E-state index in [4.69, 9.17) is 4.74 Å². The average molecular weight is 301 g/mol. The van der Waals surface area contributed by atoms with E-state index in [2.05, 4.69) is 20.4 Å². The van der Waals surface area contributed by atoms with E-state index in [1.54, 1.807) is 17.2 Å². The summed E-state index contributed by atoms with van der Waals surface area (Å²) in [7, 11) is 0. The number of pyridine rings is 1. The number of nitrogens with one attached hydrogen (secondary N) is 1. The molecule has 0 radical (unpaired) electrons. The summed E-state index contributed by atoms with van der Waals surface area (Å²) >= 11 is 0. The minimum Gasteiger partial charge on any atom is -0.378 e. The summed E-state index contributed by atoms with van der Waals surface area (Å²) in [6.45, 7) is 1.25. The molecule has 7 nitrogen and oxygen atoms in total. The predicted molar refractivity (Wildman–Crippen MR) is 79.2 cm³/mol. The molecule has 1 amide bonds. The van der Waals surface area contributed by atoms with Crippen LogP contribution >= 0.6 is 0 Å². The fraction of sp³-hybridized carbons (Fsp3) is 0.467. The van der Waals surface area contributed by atoms with E-state index in [0.717, 1.165) is 31.4 Å². The number of hydrogen-bond acceptors (Lipinski definition) is 5. The summed E-state index contributed by atoms with van der Waals surface area (Å²) in [5.74, 6) is 0.711. The number of ether oxygens (including phenoxy) is 1. The number of hydrogen-bond donors (Lipinski definition) is 1. The van der Waals surface area contributed by atoms with E-state index in [9.17, 15) is 4.79 Å². The quantitative estimate of drug-likeness (QED) is 0.868. The number of nitrogens with zero attached hydrogens (tertiary/aromatic N) is 4. The summed E-state index contributed by atoms with van der Waals surface area (Å²) in [4.78, 5) is 20.2. The van der Waals surface area contributed by atoms with Gasteiger partial charge in [0.1, 0.15) is 12.7 Å². The highest BCUT2D eigenvalue weighted by Crippen LogP contribution is 2.16. The Bertz CT molecular complexity index is 608. The van der Waals surface area contributed by atoms with Crippen LogP contribution in [-0.2, 0) is 16.1 Å². The van der Waals surface area contributed by atoms with Gasteiger partial charge in [0.25, 0.3) is 0 Å². The van der Waals surface area contributed by atoms with Gasteiger partial charge in [-0.1, -0.05) is 6.07 Å². The van der Waals surface area contributed by atoms with Crippen LogP contribution in [0.15, 0.2) is 31.0 Å². The van der Waals surface area contributed by atoms with Crippen molar-refractivity contribution in [3.05, 3.63) is 36.5 Å². The van der Waals surface area contributed by atoms with E-state index in [-0.39, 0.29) is 12.0 Å². The lowest BCUT2D eigenvalue weighted by Gasteiger charge is -2.11. The second-order valence-corrected chi connectivity index (χ2v) is 5.28. The van der Waals surface area contributed by atoms with Gasteiger partial charge in [0, 0.05) is 31.3 Å². The maximum Gasteiger partial charge on any atom is 0.220 e. The molecule has 1 aliphatic heterocycles. The highest BCUT2D eigenvalue weighted by atomic mass is 16.5. The smallest absolute Gasteiger partial charge is 0.220 e. The summed E-state index contributed by atoms with van der Waals surface area (Å²) in [6, 6.07) is 3.76. The number of carbonyl (C=O) groups is 1. The lowest BCUT2D eigenvalue weighted by atomic mass is 10.1. The van der Waals surface area contributed by atoms with Gasteiger partial charge in [-0.3, -0.25) is 4.79 Å². The molecule has 1 atom stereocenters. The molecule has 3 heterocycles. The molecule has 3 rings (SSSR count). The third kappa shape index (κ3) is 3.67. The normalized spacial score (nSPS) is 17.5. The van der Waals surface area contributed by atoms with Crippen molar-refractivity contribution in [3.8, 4) is 5.82 Å². The Morgan fingerprint density at radius 1 is 1.50 bits per heavy atom. The molecule has 0 spiro atoms. The van der Waals surface area contributed by atoms with E-state index in [1.807, 2.05) is 12.1 Å². The Kier molecular flexibility index (Phi) is 4.75. The second-order valence-electron chi connectivity index (χ2n) is 5.28. The summed E-state index contributed by atoms with van der Waals surface area (Å²) in [5.41, 5.74) is 0.901. The zero-order chi connectivity index (χ0) is 15.2. The molecule has 2 aromatic heterocycles. The van der Waals surface area contributed by atoms with E-state index < -0.39 is 0 Å². The Morgan fingerprint density at radius 2 is 2.45 bits per heavy atom. The monoisotopic (exact) mass is 301 g/mol. The first-order valence-electron chi connectivity index (χ1n) is 7.50. The van der Waals surface area contributed by atoms with Crippen molar-refractivity contribution < 1.29 is 9.53 Å². The molecule has 1 aliphatic rings. The van der Waals surface area contributed by atoms with Crippen molar-refractivity contribution in [1.29, 1.82) is 0 Å². The molecule has 1 unspecified atom stereocenters. The van der Waals surface area contributed by atoms with Gasteiger partial charge in [-0.25, -0.2) is 14.6 Å². The Labute approximate surface area is 128 Å². The highest BCUT2D eigenvalue weighted by Gasteiger charge is 2.16. The molecular formula is C15H19N5O2. The van der Waals surface area contributed by atoms with E-state index in [1.165, 1.54) is 6.33 Å². The van der Waals surface area contributed by atoms with Crippen LogP contribution in [0.4, 0.5) is 0 Å². The fourth-order valence-corrected chi connectivity index (χ4v) is 2.54. The minimum absolute atomic E-state index is 0.0314. The van der Waals surface area contributed by atoms with Crippen LogP contribution in [0.25, 0.3) is 5.82 Å². The first-order chi connectivity index (χ1) is 10.8. The maximum absolute atomic E-state index is 11.9. The van der Waals surface area contributed by atoms with Crippen LogP contribution in [0.2, 0.25) is 0 Å². The third-order valence-corrected chi connectivity index (χ3v) is 3.70. The van der Waals surface area contributed by atoms with Gasteiger partial charge < -0.3 is 10.1 Å². The molecule has 0 aromatic carbocycles. The van der Waals surface area contributed by atoms with Gasteiger partial charge in [-0.05, 0) is 25.3 Å². The van der Waals surface area contributed by atoms with E-state index in [0.29, 0.717) is 18.8 Å². The molecule has 2 aromatic rings. The zero-order valence-electron chi connectivity index (χ0n) is 12.3. The van der Waals surface area contributed by atoms with Gasteiger partial charge in [-0.15, -0.1) is 0 Å². The van der Waals surface area contributed by atoms with Crippen molar-refractivity contribution in [2.24, 2.45) is 0 Å². The Balaban J connectivity index is 1.54. The summed E-state index contributed by atoms with van der Waals surface area (Å²) in [6.07, 6.45) is 8.42. The molecule has 1 fully saturated rings. The second kappa shape index (κ2) is 7.13. The zero-order valence-corrected chi connectivity index (χ0v) is 12.3. The first-order valence-corrected chi connectivity index (χ1v) is 7.50. The largest absolute Gasteiger partial charge is 0.378 e. The molecule has 1 N–H and O–H groups in total. The number of amides is 1. The SMILES string of the molecule is O=C(CCC1CCCO1)NCc1cccnc1-n1cncn1. The molecule has 1 saturated heterocycles. The lowest BCUT2D eigenvalue weighted by molar-refractivity contribution is -0.121. The minimum atomic E-state index is 0.0314. The van der Waals surface area contributed by atoms with Crippen molar-refractivity contribution >= 4 is 5.91 Å². The predicted octanol–water partition coefficient (Wildman–Crippen LogP) is 1.24. The molecule has 22 heavy (non-hydrogen) atoms. The van der Waals surface area contributed by atoms with Gasteiger partial charge in [0.2, 0.25) is 5.91 Å². The van der Waals surface area contributed by atoms with E-state index >= 15 is 0 Å². The average Bonchev–Trinajstić information content (AvgIpc) is 3.24. The van der Waals surface area contributed by atoms with Crippen LogP contribution in [0, 0.1) is 0 Å². The molecule has 0 saturated carbocycles. The lowest BCUT2D eigenvalue weighted by Crippen LogP contribution is -2.24. The van der Waals surface area contributed by atoms with Crippen molar-refractivity contribution in [3.63, 3.8) is 0 Å². The van der Waals surface area contributed by atoms with Crippen LogP contribution in [0.3, 0.4) is 0 Å². The molecule has 0 bridgehead atoms. The van der Waals surface area contributed by atoms with Gasteiger partial charge >= 0.3 is 0 Å². The van der Waals surface area contributed by atoms with Gasteiger partial charge in [0.15, 0.2) is 5.82 Å². The molecule has 116 valence electrons. The Morgan fingerprint density at radius 3 is 3.23 bits per heavy atom. The number of carbonyl (C=O) groups excluding carboxylic acids is 1. The fourth-order valence-electron chi connectivity index (χ4n) is 2.54. The van der Waals surface area contributed by atoms with Crippen molar-refractivity contribution in [2.45, 2.75) is 38.3 Å². The topological polar surface area (TPSA) is 81.9 Å². The van der Waals surface area contributed by atoms with Crippen LogP contribution < -0.4 is 5.32 Å². The van der Waals surface area contributed by atoms with Crippen LogP contribution in [-0.4, -0.2) is 38.4 Å². The number of aromatic nitrogens is 4. The third-order valence-electron chi connectivity index (χ3n) is 3.70. The highest BCUT2D eigenvalue weighted by molar-refractivity contribution is 5.75. The molecule has 0 aliphatic carbocycles. The van der Waals surface area contributed by atoms with Crippen LogP contribution in [0.1, 0.15) is 31.2 Å². The first kappa shape index (κ1) is 14.6. The molecule has 7 heteroatoms. The Hall–Kier alpha value is -2.28. The van der Waals surface area contributed by atoms with Gasteiger partial charge in [-0.2, -0.15) is 5.10 Å². The molecular weight excluding hydrogens is 282 g/mol.